The zero-order valence-corrected chi connectivity index (χ0v) is 10.0. The highest BCUT2D eigenvalue weighted by atomic mass is 79.9. The molecule has 0 saturated carbocycles. The van der Waals surface area contributed by atoms with Crippen LogP contribution in [0.2, 0.25) is 0 Å². The molecular formula is C10H16BrN3. The van der Waals surface area contributed by atoms with Crippen LogP contribution in [0.3, 0.4) is 0 Å². The standard InChI is InChI=1S/C10H16BrN3/c1-7-13-10(11)9-3-2-8(4-5-12)6-14(7)9/h8H,2-6,12H2,1H3. The summed E-state index contributed by atoms with van der Waals surface area (Å²) in [5.41, 5.74) is 6.95. The first-order valence-corrected chi connectivity index (χ1v) is 5.93. The number of hydrogen-bond acceptors (Lipinski definition) is 2. The second kappa shape index (κ2) is 4.03. The van der Waals surface area contributed by atoms with Gasteiger partial charge >= 0.3 is 0 Å². The van der Waals surface area contributed by atoms with Crippen LogP contribution in [0, 0.1) is 12.8 Å². The third-order valence-electron chi connectivity index (χ3n) is 3.02. The van der Waals surface area contributed by atoms with Crippen LogP contribution in [-0.4, -0.2) is 16.1 Å². The second-order valence-corrected chi connectivity index (χ2v) is 4.74. The van der Waals surface area contributed by atoms with Crippen molar-refractivity contribution in [3.05, 3.63) is 16.1 Å². The van der Waals surface area contributed by atoms with E-state index in [1.165, 1.54) is 12.1 Å². The van der Waals surface area contributed by atoms with Crippen molar-refractivity contribution in [3.63, 3.8) is 0 Å². The molecule has 0 bridgehead atoms. The maximum absolute atomic E-state index is 5.59. The van der Waals surface area contributed by atoms with Crippen molar-refractivity contribution in [3.8, 4) is 0 Å². The lowest BCUT2D eigenvalue weighted by molar-refractivity contribution is 0.348. The number of nitrogens with two attached hydrogens (primary N) is 1. The average molecular weight is 258 g/mol. The van der Waals surface area contributed by atoms with Crippen molar-refractivity contribution in [2.45, 2.75) is 32.7 Å². The molecule has 4 heteroatoms. The lowest BCUT2D eigenvalue weighted by Crippen LogP contribution is -2.23. The molecule has 0 saturated heterocycles. The molecule has 0 aromatic carbocycles. The minimum absolute atomic E-state index is 0.743. The van der Waals surface area contributed by atoms with Gasteiger partial charge in [-0.1, -0.05) is 0 Å². The van der Waals surface area contributed by atoms with Gasteiger partial charge in [0, 0.05) is 6.54 Å². The van der Waals surface area contributed by atoms with E-state index in [9.17, 15) is 0 Å². The summed E-state index contributed by atoms with van der Waals surface area (Å²) in [6.07, 6.45) is 3.52. The SMILES string of the molecule is Cc1nc(Br)c2n1CC(CCN)CC2. The molecule has 1 aliphatic rings. The van der Waals surface area contributed by atoms with E-state index in [0.717, 1.165) is 42.3 Å². The zero-order valence-electron chi connectivity index (χ0n) is 8.46. The number of halogens is 1. The van der Waals surface area contributed by atoms with Crippen molar-refractivity contribution < 1.29 is 0 Å². The van der Waals surface area contributed by atoms with Crippen molar-refractivity contribution in [2.24, 2.45) is 11.7 Å². The molecule has 1 aliphatic heterocycles. The van der Waals surface area contributed by atoms with Crippen molar-refractivity contribution in [1.29, 1.82) is 0 Å². The summed E-state index contributed by atoms with van der Waals surface area (Å²) in [7, 11) is 0. The van der Waals surface area contributed by atoms with E-state index in [1.807, 2.05) is 0 Å². The highest BCUT2D eigenvalue weighted by Gasteiger charge is 2.22. The third-order valence-corrected chi connectivity index (χ3v) is 3.65. The molecule has 1 aromatic rings. The Morgan fingerprint density at radius 3 is 3.14 bits per heavy atom. The van der Waals surface area contributed by atoms with Crippen molar-refractivity contribution in [2.75, 3.05) is 6.54 Å². The minimum atomic E-state index is 0.743. The molecule has 0 fully saturated rings. The van der Waals surface area contributed by atoms with E-state index in [2.05, 4.69) is 32.4 Å². The van der Waals surface area contributed by atoms with Gasteiger partial charge < -0.3 is 10.3 Å². The zero-order chi connectivity index (χ0) is 10.1. The molecule has 3 nitrogen and oxygen atoms in total. The van der Waals surface area contributed by atoms with Crippen molar-refractivity contribution in [1.82, 2.24) is 9.55 Å². The molecule has 2 rings (SSSR count). The number of nitrogens with zero attached hydrogens (tertiary/aromatic N) is 2. The molecule has 0 aliphatic carbocycles. The Balaban J connectivity index is 2.21. The maximum atomic E-state index is 5.59. The maximum Gasteiger partial charge on any atom is 0.127 e. The van der Waals surface area contributed by atoms with Crippen molar-refractivity contribution >= 4 is 15.9 Å². The van der Waals surface area contributed by atoms with E-state index in [1.54, 1.807) is 0 Å². The van der Waals surface area contributed by atoms with Gasteiger partial charge in [-0.3, -0.25) is 0 Å². The van der Waals surface area contributed by atoms with Gasteiger partial charge in [-0.15, -0.1) is 0 Å². The summed E-state index contributed by atoms with van der Waals surface area (Å²) in [5, 5.41) is 0. The van der Waals surface area contributed by atoms with Crippen LogP contribution in [0.1, 0.15) is 24.4 Å². The number of hydrogen-bond donors (Lipinski definition) is 1. The van der Waals surface area contributed by atoms with Gasteiger partial charge in [-0.05, 0) is 54.6 Å². The first-order valence-electron chi connectivity index (χ1n) is 5.14. The largest absolute Gasteiger partial charge is 0.331 e. The molecule has 1 aromatic heterocycles. The molecular weight excluding hydrogens is 242 g/mol. The quantitative estimate of drug-likeness (QED) is 0.880. The topological polar surface area (TPSA) is 43.8 Å². The Kier molecular flexibility index (Phi) is 2.93. The fourth-order valence-corrected chi connectivity index (χ4v) is 2.88. The molecule has 0 radical (unpaired) electrons. The highest BCUT2D eigenvalue weighted by molar-refractivity contribution is 9.10. The average Bonchev–Trinajstić information content (AvgIpc) is 2.43. The number of fused-ring (bicyclic) bond motifs is 1. The molecule has 0 spiro atoms. The lowest BCUT2D eigenvalue weighted by Gasteiger charge is -2.24. The summed E-state index contributed by atoms with van der Waals surface area (Å²) in [6, 6.07) is 0. The first kappa shape index (κ1) is 10.2. The summed E-state index contributed by atoms with van der Waals surface area (Å²) in [4.78, 5) is 4.44. The van der Waals surface area contributed by atoms with Gasteiger partial charge in [0.1, 0.15) is 10.4 Å². The fourth-order valence-electron chi connectivity index (χ4n) is 2.22. The number of aryl methyl sites for hydroxylation is 1. The fraction of sp³-hybridized carbons (Fsp3) is 0.700. The van der Waals surface area contributed by atoms with E-state index in [-0.39, 0.29) is 0 Å². The Morgan fingerprint density at radius 2 is 2.43 bits per heavy atom. The monoisotopic (exact) mass is 257 g/mol. The molecule has 78 valence electrons. The van der Waals surface area contributed by atoms with Gasteiger partial charge in [0.15, 0.2) is 0 Å². The van der Waals surface area contributed by atoms with Crippen LogP contribution in [0.4, 0.5) is 0 Å². The third kappa shape index (κ3) is 1.73. The number of imidazole rings is 1. The smallest absolute Gasteiger partial charge is 0.127 e. The van der Waals surface area contributed by atoms with Gasteiger partial charge in [-0.25, -0.2) is 4.98 Å². The van der Waals surface area contributed by atoms with Crippen LogP contribution in [0.25, 0.3) is 0 Å². The summed E-state index contributed by atoms with van der Waals surface area (Å²) < 4.78 is 3.36. The van der Waals surface area contributed by atoms with Crippen LogP contribution >= 0.6 is 15.9 Å². The Labute approximate surface area is 92.8 Å². The van der Waals surface area contributed by atoms with Crippen LogP contribution in [-0.2, 0) is 13.0 Å². The van der Waals surface area contributed by atoms with Crippen LogP contribution < -0.4 is 5.73 Å². The van der Waals surface area contributed by atoms with Crippen LogP contribution in [0.15, 0.2) is 4.60 Å². The predicted molar refractivity (Wildman–Crippen MR) is 60.1 cm³/mol. The molecule has 2 heterocycles. The molecule has 14 heavy (non-hydrogen) atoms. The molecule has 1 atom stereocenters. The van der Waals surface area contributed by atoms with Gasteiger partial charge in [-0.2, -0.15) is 0 Å². The summed E-state index contributed by atoms with van der Waals surface area (Å²) >= 11 is 3.51. The normalized spacial score (nSPS) is 20.9. The van der Waals surface area contributed by atoms with Gasteiger partial charge in [0.05, 0.1) is 5.69 Å². The second-order valence-electron chi connectivity index (χ2n) is 3.99. The first-order chi connectivity index (χ1) is 6.72. The van der Waals surface area contributed by atoms with Gasteiger partial charge in [0.2, 0.25) is 0 Å². The van der Waals surface area contributed by atoms with E-state index in [4.69, 9.17) is 5.73 Å². The summed E-state index contributed by atoms with van der Waals surface area (Å²) in [5.74, 6) is 1.86. The number of rotatable bonds is 2. The van der Waals surface area contributed by atoms with Crippen LogP contribution in [0.5, 0.6) is 0 Å². The molecule has 0 amide bonds. The van der Waals surface area contributed by atoms with E-state index in [0.29, 0.717) is 0 Å². The Bertz CT molecular complexity index is 332. The van der Waals surface area contributed by atoms with E-state index < -0.39 is 0 Å². The minimum Gasteiger partial charge on any atom is -0.331 e. The lowest BCUT2D eigenvalue weighted by atomic mass is 9.95. The summed E-state index contributed by atoms with van der Waals surface area (Å²) in [6.45, 7) is 3.96. The Morgan fingerprint density at radius 1 is 1.64 bits per heavy atom. The van der Waals surface area contributed by atoms with Gasteiger partial charge in [0.25, 0.3) is 0 Å². The highest BCUT2D eigenvalue weighted by Crippen LogP contribution is 2.28. The Hall–Kier alpha value is -0.350. The molecule has 2 N–H and O–H groups in total. The number of aromatic nitrogens is 2. The molecule has 1 unspecified atom stereocenters. The predicted octanol–water partition coefficient (Wildman–Crippen LogP) is 1.87. The van der Waals surface area contributed by atoms with E-state index >= 15 is 0 Å².